The lowest BCUT2D eigenvalue weighted by molar-refractivity contribution is -0.160. The van der Waals surface area contributed by atoms with Gasteiger partial charge < -0.3 is 19.3 Å². The second kappa shape index (κ2) is 14.6. The largest absolute Gasteiger partial charge is 0.469 e. The lowest BCUT2D eigenvalue weighted by Gasteiger charge is -2.28. The van der Waals surface area contributed by atoms with E-state index in [9.17, 15) is 24.3 Å². The molecule has 1 aliphatic carbocycles. The van der Waals surface area contributed by atoms with E-state index in [1.807, 2.05) is 0 Å². The number of ether oxygens (including phenoxy) is 3. The van der Waals surface area contributed by atoms with Gasteiger partial charge in [0.1, 0.15) is 11.3 Å². The van der Waals surface area contributed by atoms with Gasteiger partial charge in [0.2, 0.25) is 0 Å². The Bertz CT molecular complexity index is 726. The molecule has 0 spiro atoms. The third kappa shape index (κ3) is 7.81. The molecule has 4 atom stereocenters. The Morgan fingerprint density at radius 2 is 1.82 bits per heavy atom. The van der Waals surface area contributed by atoms with Crippen molar-refractivity contribution >= 4 is 23.7 Å². The first kappa shape index (κ1) is 28.6. The molecule has 186 valence electrons. The molecule has 0 aromatic heterocycles. The van der Waals surface area contributed by atoms with Crippen molar-refractivity contribution in [1.82, 2.24) is 0 Å². The molecule has 0 amide bonds. The third-order valence-electron chi connectivity index (χ3n) is 6.17. The van der Waals surface area contributed by atoms with Crippen LogP contribution in [0.1, 0.15) is 64.7 Å². The van der Waals surface area contributed by atoms with Crippen LogP contribution in [0.25, 0.3) is 0 Å². The van der Waals surface area contributed by atoms with E-state index in [4.69, 9.17) is 9.47 Å². The second-order valence-corrected chi connectivity index (χ2v) is 8.34. The number of aliphatic hydroxyl groups is 1. The summed E-state index contributed by atoms with van der Waals surface area (Å²) in [5.74, 6) is -3.93. The monoisotopic (exact) mass is 466 g/mol. The molecular formula is C25H38O8. The Balaban J connectivity index is 3.11. The molecule has 1 rings (SSSR count). The molecule has 33 heavy (non-hydrogen) atoms. The highest BCUT2D eigenvalue weighted by Gasteiger charge is 2.61. The fourth-order valence-electron chi connectivity index (χ4n) is 4.23. The van der Waals surface area contributed by atoms with Crippen LogP contribution in [0.4, 0.5) is 0 Å². The van der Waals surface area contributed by atoms with Crippen molar-refractivity contribution in [3.05, 3.63) is 24.3 Å². The minimum atomic E-state index is -1.58. The van der Waals surface area contributed by atoms with Crippen molar-refractivity contribution in [2.75, 3.05) is 21.3 Å². The zero-order valence-electron chi connectivity index (χ0n) is 20.2. The number of hydrogen-bond acceptors (Lipinski definition) is 8. The van der Waals surface area contributed by atoms with E-state index in [0.717, 1.165) is 19.3 Å². The standard InChI is InChI=1S/C25H38O8/c1-5-6-9-12-19(26)15-14-18-17-20(23(29)32-3)22(28)25(18,24(30)33-4)16-11-8-7-10-13-21(27)31-2/h8,11,14-15,18-20,26H,5-7,9-10,12-13,16-17H2,1-4H3/t18-,19?,20+,25?/m1/s1. The Labute approximate surface area is 196 Å². The first-order valence-electron chi connectivity index (χ1n) is 11.6. The number of ketones is 1. The predicted molar refractivity (Wildman–Crippen MR) is 122 cm³/mol. The molecule has 1 fully saturated rings. The second-order valence-electron chi connectivity index (χ2n) is 8.34. The number of methoxy groups -OCH3 is 3. The maximum absolute atomic E-state index is 13.3. The Morgan fingerprint density at radius 1 is 1.09 bits per heavy atom. The van der Waals surface area contributed by atoms with E-state index in [-0.39, 0.29) is 25.2 Å². The lowest BCUT2D eigenvalue weighted by atomic mass is 9.73. The highest BCUT2D eigenvalue weighted by Crippen LogP contribution is 2.48. The van der Waals surface area contributed by atoms with Crippen LogP contribution in [-0.4, -0.2) is 56.2 Å². The summed E-state index contributed by atoms with van der Waals surface area (Å²) in [4.78, 5) is 49.8. The number of carbonyl (C=O) groups excluding carboxylic acids is 4. The van der Waals surface area contributed by atoms with Gasteiger partial charge in [-0.3, -0.25) is 19.2 Å². The van der Waals surface area contributed by atoms with Crippen molar-refractivity contribution in [1.29, 1.82) is 0 Å². The molecule has 2 unspecified atom stereocenters. The van der Waals surface area contributed by atoms with Gasteiger partial charge in [0.15, 0.2) is 5.78 Å². The zero-order valence-corrected chi connectivity index (χ0v) is 20.2. The molecule has 0 bridgehead atoms. The number of Topliss-reactive ketones (excluding diaryl/α,β-unsaturated/α-hetero) is 1. The highest BCUT2D eigenvalue weighted by molar-refractivity contribution is 6.14. The fraction of sp³-hybridized carbons (Fsp3) is 0.680. The molecule has 0 saturated heterocycles. The quantitative estimate of drug-likeness (QED) is 0.136. The van der Waals surface area contributed by atoms with Crippen molar-refractivity contribution < 1.29 is 38.5 Å². The zero-order chi connectivity index (χ0) is 24.9. The third-order valence-corrected chi connectivity index (χ3v) is 6.17. The number of esters is 3. The van der Waals surface area contributed by atoms with Gasteiger partial charge in [0, 0.05) is 12.3 Å². The van der Waals surface area contributed by atoms with E-state index in [1.165, 1.54) is 21.3 Å². The van der Waals surface area contributed by atoms with Crippen molar-refractivity contribution in [3.8, 4) is 0 Å². The topological polar surface area (TPSA) is 116 Å². The van der Waals surface area contributed by atoms with Gasteiger partial charge in [-0.15, -0.1) is 0 Å². The summed E-state index contributed by atoms with van der Waals surface area (Å²) in [5.41, 5.74) is -1.58. The average Bonchev–Trinajstić information content (AvgIpc) is 3.10. The number of hydrogen-bond donors (Lipinski definition) is 1. The van der Waals surface area contributed by atoms with Crippen LogP contribution in [0.15, 0.2) is 24.3 Å². The van der Waals surface area contributed by atoms with Gasteiger partial charge in [0.25, 0.3) is 0 Å². The molecule has 1 N–H and O–H groups in total. The van der Waals surface area contributed by atoms with E-state index in [2.05, 4.69) is 11.7 Å². The predicted octanol–water partition coefficient (Wildman–Crippen LogP) is 3.31. The van der Waals surface area contributed by atoms with Crippen LogP contribution in [0.2, 0.25) is 0 Å². The summed E-state index contributed by atoms with van der Waals surface area (Å²) in [7, 11) is 3.75. The van der Waals surface area contributed by atoms with Crippen molar-refractivity contribution in [2.24, 2.45) is 17.3 Å². The number of rotatable bonds is 14. The molecule has 0 heterocycles. The maximum Gasteiger partial charge on any atom is 0.320 e. The van der Waals surface area contributed by atoms with Crippen LogP contribution in [-0.2, 0) is 33.4 Å². The van der Waals surface area contributed by atoms with Crippen LogP contribution < -0.4 is 0 Å². The summed E-state index contributed by atoms with van der Waals surface area (Å²) in [6.45, 7) is 2.08. The van der Waals surface area contributed by atoms with Crippen molar-refractivity contribution in [2.45, 2.75) is 70.8 Å². The summed E-state index contributed by atoms with van der Waals surface area (Å²) >= 11 is 0. The van der Waals surface area contributed by atoms with E-state index in [0.29, 0.717) is 19.3 Å². The minimum absolute atomic E-state index is 0.0468. The average molecular weight is 467 g/mol. The first-order valence-corrected chi connectivity index (χ1v) is 11.6. The summed E-state index contributed by atoms with van der Waals surface area (Å²) in [6.07, 6.45) is 11.1. The molecule has 0 aromatic carbocycles. The molecule has 0 radical (unpaired) electrons. The van der Waals surface area contributed by atoms with Crippen LogP contribution in [0.3, 0.4) is 0 Å². The SMILES string of the molecule is CCCCCC(O)C=C[C@@H]1C[C@H](C(=O)OC)C(=O)C1(CC=CCCCC(=O)OC)C(=O)OC. The van der Waals surface area contributed by atoms with E-state index < -0.39 is 41.1 Å². The number of unbranched alkanes of at least 4 members (excludes halogenated alkanes) is 3. The molecule has 1 saturated carbocycles. The lowest BCUT2D eigenvalue weighted by Crippen LogP contribution is -2.43. The van der Waals surface area contributed by atoms with E-state index >= 15 is 0 Å². The van der Waals surface area contributed by atoms with Gasteiger partial charge in [-0.05, 0) is 32.1 Å². The van der Waals surface area contributed by atoms with Gasteiger partial charge in [0.05, 0.1) is 27.4 Å². The first-order chi connectivity index (χ1) is 15.8. The van der Waals surface area contributed by atoms with Crippen LogP contribution in [0, 0.1) is 17.3 Å². The van der Waals surface area contributed by atoms with Gasteiger partial charge >= 0.3 is 17.9 Å². The summed E-state index contributed by atoms with van der Waals surface area (Å²) < 4.78 is 14.4. The number of carbonyl (C=O) groups is 4. The summed E-state index contributed by atoms with van der Waals surface area (Å²) in [6, 6.07) is 0. The van der Waals surface area contributed by atoms with Crippen molar-refractivity contribution in [3.63, 3.8) is 0 Å². The smallest absolute Gasteiger partial charge is 0.320 e. The number of allylic oxidation sites excluding steroid dienone is 3. The Hall–Kier alpha value is -2.48. The van der Waals surface area contributed by atoms with Gasteiger partial charge in [-0.1, -0.05) is 50.5 Å². The minimum Gasteiger partial charge on any atom is -0.469 e. The molecule has 0 aliphatic heterocycles. The highest BCUT2D eigenvalue weighted by atomic mass is 16.5. The van der Waals surface area contributed by atoms with E-state index in [1.54, 1.807) is 24.3 Å². The Morgan fingerprint density at radius 3 is 2.42 bits per heavy atom. The van der Waals surface area contributed by atoms with Crippen LogP contribution >= 0.6 is 0 Å². The van der Waals surface area contributed by atoms with Gasteiger partial charge in [-0.25, -0.2) is 0 Å². The molecule has 8 nitrogen and oxygen atoms in total. The normalized spacial score (nSPS) is 23.7. The molecule has 8 heteroatoms. The Kier molecular flexibility index (Phi) is 12.7. The molecule has 1 aliphatic rings. The molecule has 0 aromatic rings. The number of aliphatic hydroxyl groups excluding tert-OH is 1. The van der Waals surface area contributed by atoms with Gasteiger partial charge in [-0.2, -0.15) is 0 Å². The summed E-state index contributed by atoms with van der Waals surface area (Å²) in [5, 5.41) is 10.3. The molecular weight excluding hydrogens is 428 g/mol. The maximum atomic E-state index is 13.3. The van der Waals surface area contributed by atoms with Crippen LogP contribution in [0.5, 0.6) is 0 Å². The fourth-order valence-corrected chi connectivity index (χ4v) is 4.23.